The number of nitrogens with one attached hydrogen (secondary N) is 1. The molecule has 27 heavy (non-hydrogen) atoms. The zero-order chi connectivity index (χ0) is 19.8. The smallest absolute Gasteiger partial charge is 0.405 e. The molecule has 1 unspecified atom stereocenters. The van der Waals surface area contributed by atoms with Crippen LogP contribution in [0.3, 0.4) is 0 Å². The van der Waals surface area contributed by atoms with Crippen LogP contribution in [0.1, 0.15) is 44.2 Å². The minimum atomic E-state index is -0.822. The van der Waals surface area contributed by atoms with E-state index in [2.05, 4.69) is 9.97 Å². The molecule has 8 heteroatoms. The molecule has 0 fully saturated rings. The Morgan fingerprint density at radius 1 is 1.37 bits per heavy atom. The third kappa shape index (κ3) is 4.36. The summed E-state index contributed by atoms with van der Waals surface area (Å²) in [6.45, 7) is 7.88. The van der Waals surface area contributed by atoms with Gasteiger partial charge < -0.3 is 24.6 Å². The Bertz CT molecular complexity index is 971. The molecule has 144 valence electrons. The SMILES string of the molecule is Cc1cnc(COc2cc3[nH]c(C(OC(N)=O)C(C)(C)C)cc3cc2Cl)o1. The minimum Gasteiger partial charge on any atom is -0.482 e. The third-order valence-corrected chi connectivity index (χ3v) is 4.31. The molecule has 3 N–H and O–H groups in total. The third-order valence-electron chi connectivity index (χ3n) is 4.02. The first-order valence-electron chi connectivity index (χ1n) is 8.46. The van der Waals surface area contributed by atoms with Gasteiger partial charge in [0.25, 0.3) is 0 Å². The molecule has 1 atom stereocenters. The van der Waals surface area contributed by atoms with Gasteiger partial charge in [-0.1, -0.05) is 32.4 Å². The highest BCUT2D eigenvalue weighted by atomic mass is 35.5. The topological polar surface area (TPSA) is 103 Å². The van der Waals surface area contributed by atoms with Crippen molar-refractivity contribution in [2.45, 2.75) is 40.4 Å². The summed E-state index contributed by atoms with van der Waals surface area (Å²) in [7, 11) is 0. The van der Waals surface area contributed by atoms with E-state index in [1.54, 1.807) is 18.3 Å². The van der Waals surface area contributed by atoms with Gasteiger partial charge in [-0.25, -0.2) is 9.78 Å². The molecule has 0 aliphatic carbocycles. The fourth-order valence-electron chi connectivity index (χ4n) is 2.84. The van der Waals surface area contributed by atoms with Crippen molar-refractivity contribution < 1.29 is 18.7 Å². The number of aryl methyl sites for hydroxylation is 1. The van der Waals surface area contributed by atoms with Crippen LogP contribution >= 0.6 is 11.6 Å². The van der Waals surface area contributed by atoms with Crippen molar-refractivity contribution in [2.75, 3.05) is 0 Å². The number of fused-ring (bicyclic) bond motifs is 1. The Kier molecular flexibility index (Phi) is 5.06. The monoisotopic (exact) mass is 391 g/mol. The number of primary amides is 1. The lowest BCUT2D eigenvalue weighted by Crippen LogP contribution is -2.27. The average molecular weight is 392 g/mol. The van der Waals surface area contributed by atoms with Crippen LogP contribution in [0.4, 0.5) is 4.79 Å². The van der Waals surface area contributed by atoms with Gasteiger partial charge in [0.2, 0.25) is 5.89 Å². The van der Waals surface area contributed by atoms with E-state index >= 15 is 0 Å². The Morgan fingerprint density at radius 2 is 2.11 bits per heavy atom. The van der Waals surface area contributed by atoms with Crippen molar-refractivity contribution >= 4 is 28.6 Å². The number of nitrogens with two attached hydrogens (primary N) is 1. The Hall–Kier alpha value is -2.67. The second-order valence-corrected chi connectivity index (χ2v) is 7.84. The van der Waals surface area contributed by atoms with Gasteiger partial charge in [-0.2, -0.15) is 0 Å². The van der Waals surface area contributed by atoms with Crippen LogP contribution in [0.25, 0.3) is 10.9 Å². The molecule has 2 aromatic heterocycles. The summed E-state index contributed by atoms with van der Waals surface area (Å²) in [6.07, 6.45) is 0.282. The molecule has 0 aliphatic heterocycles. The van der Waals surface area contributed by atoms with Gasteiger partial charge in [0.15, 0.2) is 6.61 Å². The van der Waals surface area contributed by atoms with E-state index < -0.39 is 12.2 Å². The zero-order valence-corrected chi connectivity index (χ0v) is 16.4. The molecule has 0 bridgehead atoms. The highest BCUT2D eigenvalue weighted by Gasteiger charge is 2.31. The highest BCUT2D eigenvalue weighted by Crippen LogP contribution is 2.38. The average Bonchev–Trinajstić information content (AvgIpc) is 3.14. The molecule has 0 aliphatic rings. The summed E-state index contributed by atoms with van der Waals surface area (Å²) in [5.74, 6) is 1.68. The molecule has 3 aromatic rings. The Balaban J connectivity index is 1.89. The molecule has 0 saturated heterocycles. The number of amides is 1. The second kappa shape index (κ2) is 7.15. The summed E-state index contributed by atoms with van der Waals surface area (Å²) < 4.78 is 16.4. The molecule has 7 nitrogen and oxygen atoms in total. The van der Waals surface area contributed by atoms with Gasteiger partial charge in [-0.05, 0) is 19.1 Å². The van der Waals surface area contributed by atoms with Crippen LogP contribution in [0.2, 0.25) is 5.02 Å². The van der Waals surface area contributed by atoms with Gasteiger partial charge >= 0.3 is 6.09 Å². The number of hydrogen-bond acceptors (Lipinski definition) is 5. The minimum absolute atomic E-state index is 0.169. The van der Waals surface area contributed by atoms with Crippen molar-refractivity contribution in [3.05, 3.63) is 46.8 Å². The number of rotatable bonds is 5. The number of hydrogen-bond donors (Lipinski definition) is 2. The molecular formula is C19H22ClN3O4. The second-order valence-electron chi connectivity index (χ2n) is 7.43. The predicted molar refractivity (Wildman–Crippen MR) is 102 cm³/mol. The summed E-state index contributed by atoms with van der Waals surface area (Å²) in [5.41, 5.74) is 6.42. The quantitative estimate of drug-likeness (QED) is 0.645. The number of ether oxygens (including phenoxy) is 2. The summed E-state index contributed by atoms with van der Waals surface area (Å²) in [5, 5.41) is 1.33. The van der Waals surface area contributed by atoms with Crippen molar-refractivity contribution in [1.82, 2.24) is 9.97 Å². The molecule has 1 aromatic carbocycles. The lowest BCUT2D eigenvalue weighted by molar-refractivity contribution is 0.0336. The molecule has 0 saturated carbocycles. The first kappa shape index (κ1) is 19.1. The number of oxazole rings is 1. The summed E-state index contributed by atoms with van der Waals surface area (Å²) >= 11 is 6.34. The molecule has 0 spiro atoms. The predicted octanol–water partition coefficient (Wildman–Crippen LogP) is 4.88. The number of halogens is 1. The van der Waals surface area contributed by atoms with Crippen LogP contribution in [0.5, 0.6) is 5.75 Å². The summed E-state index contributed by atoms with van der Waals surface area (Å²) in [4.78, 5) is 18.7. The lowest BCUT2D eigenvalue weighted by Gasteiger charge is -2.28. The van der Waals surface area contributed by atoms with Gasteiger partial charge in [-0.3, -0.25) is 0 Å². The van der Waals surface area contributed by atoms with Gasteiger partial charge in [0, 0.05) is 22.4 Å². The molecule has 2 heterocycles. The van der Waals surface area contributed by atoms with Crippen molar-refractivity contribution in [1.29, 1.82) is 0 Å². The fraction of sp³-hybridized carbons (Fsp3) is 0.368. The van der Waals surface area contributed by atoms with E-state index in [4.69, 9.17) is 31.2 Å². The van der Waals surface area contributed by atoms with E-state index in [0.717, 1.165) is 16.6 Å². The van der Waals surface area contributed by atoms with E-state index in [1.165, 1.54) is 0 Å². The largest absolute Gasteiger partial charge is 0.482 e. The van der Waals surface area contributed by atoms with Crippen molar-refractivity contribution in [3.63, 3.8) is 0 Å². The lowest BCUT2D eigenvalue weighted by atomic mass is 9.87. The van der Waals surface area contributed by atoms with Crippen LogP contribution in [0.15, 0.2) is 28.8 Å². The maximum atomic E-state index is 11.3. The number of carbonyl (C=O) groups is 1. The molecular weight excluding hydrogens is 370 g/mol. The molecule has 3 rings (SSSR count). The van der Waals surface area contributed by atoms with Crippen molar-refractivity contribution in [3.8, 4) is 5.75 Å². The van der Waals surface area contributed by atoms with E-state index in [1.807, 2.05) is 33.8 Å². The molecule has 0 radical (unpaired) electrons. The fourth-order valence-corrected chi connectivity index (χ4v) is 3.06. The van der Waals surface area contributed by atoms with Gasteiger partial charge in [0.05, 0.1) is 16.9 Å². The molecule has 1 amide bonds. The van der Waals surface area contributed by atoms with Gasteiger partial charge in [0.1, 0.15) is 17.6 Å². The number of H-pyrrole nitrogens is 1. The first-order chi connectivity index (χ1) is 12.6. The standard InChI is InChI=1S/C19H22ClN3O4/c1-10-8-22-16(26-10)9-25-15-7-13-11(5-12(15)20)6-14(23-13)17(19(2,3)4)27-18(21)24/h5-8,17,23H,9H2,1-4H3,(H2,21,24). The number of carbonyl (C=O) groups excluding carboxylic acids is 1. The maximum absolute atomic E-state index is 11.3. The summed E-state index contributed by atoms with van der Waals surface area (Å²) in [6, 6.07) is 5.47. The highest BCUT2D eigenvalue weighted by molar-refractivity contribution is 6.32. The maximum Gasteiger partial charge on any atom is 0.405 e. The normalized spacial score (nSPS) is 12.9. The number of nitrogens with zero attached hydrogens (tertiary/aromatic N) is 1. The zero-order valence-electron chi connectivity index (χ0n) is 15.6. The van der Waals surface area contributed by atoms with Crippen LogP contribution in [0, 0.1) is 12.3 Å². The number of aromatic amines is 1. The Labute approximate surface area is 161 Å². The van der Waals surface area contributed by atoms with E-state index in [9.17, 15) is 4.79 Å². The number of benzene rings is 1. The van der Waals surface area contributed by atoms with Crippen LogP contribution in [-0.2, 0) is 11.3 Å². The van der Waals surface area contributed by atoms with Crippen LogP contribution in [-0.4, -0.2) is 16.1 Å². The van der Waals surface area contributed by atoms with E-state index in [-0.39, 0.29) is 12.0 Å². The number of aromatic nitrogens is 2. The van der Waals surface area contributed by atoms with Crippen LogP contribution < -0.4 is 10.5 Å². The van der Waals surface area contributed by atoms with Crippen molar-refractivity contribution in [2.24, 2.45) is 11.1 Å². The first-order valence-corrected chi connectivity index (χ1v) is 8.83. The van der Waals surface area contributed by atoms with Gasteiger partial charge in [-0.15, -0.1) is 0 Å². The van der Waals surface area contributed by atoms with E-state index in [0.29, 0.717) is 22.4 Å². The Morgan fingerprint density at radius 3 is 2.70 bits per heavy atom.